The summed E-state index contributed by atoms with van der Waals surface area (Å²) in [6.07, 6.45) is 4.87. The molecule has 0 unspecified atom stereocenters. The smallest absolute Gasteiger partial charge is 0.280 e. The van der Waals surface area contributed by atoms with Gasteiger partial charge in [0.15, 0.2) is 11.5 Å². The molecule has 0 bridgehead atoms. The Morgan fingerprint density at radius 2 is 2.04 bits per heavy atom. The highest BCUT2D eigenvalue weighted by Crippen LogP contribution is 2.38. The predicted molar refractivity (Wildman–Crippen MR) is 97.8 cm³/mol. The van der Waals surface area contributed by atoms with Gasteiger partial charge in [0.1, 0.15) is 5.75 Å². The number of rotatable bonds is 5. The molecule has 9 heteroatoms. The van der Waals surface area contributed by atoms with Crippen molar-refractivity contribution in [3.63, 3.8) is 0 Å². The Balaban J connectivity index is 1.26. The highest BCUT2D eigenvalue weighted by atomic mass is 16.5. The van der Waals surface area contributed by atoms with E-state index in [9.17, 15) is 4.79 Å². The number of methoxy groups -OCH3 is 1. The zero-order chi connectivity index (χ0) is 19.1. The van der Waals surface area contributed by atoms with E-state index in [1.807, 2.05) is 11.1 Å². The molecule has 0 radical (unpaired) electrons. The van der Waals surface area contributed by atoms with Crippen LogP contribution in [-0.4, -0.2) is 56.1 Å². The third kappa shape index (κ3) is 3.12. The lowest BCUT2D eigenvalue weighted by molar-refractivity contribution is 0.0787. The number of nitrogens with zero attached hydrogens (tertiary/aromatic N) is 6. The number of carbonyl (C=O) groups is 1. The molecule has 2 aromatic heterocycles. The van der Waals surface area contributed by atoms with E-state index >= 15 is 0 Å². The fourth-order valence-electron chi connectivity index (χ4n) is 3.46. The van der Waals surface area contributed by atoms with E-state index in [1.54, 1.807) is 36.1 Å². The molecule has 2 aliphatic rings. The van der Waals surface area contributed by atoms with Crippen LogP contribution < -0.4 is 4.74 Å². The summed E-state index contributed by atoms with van der Waals surface area (Å²) in [6, 6.07) is 7.24. The van der Waals surface area contributed by atoms with Crippen LogP contribution in [0.4, 0.5) is 0 Å². The van der Waals surface area contributed by atoms with E-state index in [0.717, 1.165) is 30.8 Å². The van der Waals surface area contributed by atoms with Crippen LogP contribution in [0.3, 0.4) is 0 Å². The second-order valence-corrected chi connectivity index (χ2v) is 7.24. The van der Waals surface area contributed by atoms with Gasteiger partial charge in [-0.3, -0.25) is 4.79 Å². The molecule has 1 aliphatic heterocycles. The Kier molecular flexibility index (Phi) is 4.07. The van der Waals surface area contributed by atoms with Crippen LogP contribution in [0, 0.1) is 0 Å². The van der Waals surface area contributed by atoms with Gasteiger partial charge in [0.25, 0.3) is 11.8 Å². The molecule has 1 aliphatic carbocycles. The lowest BCUT2D eigenvalue weighted by Crippen LogP contribution is -2.29. The van der Waals surface area contributed by atoms with E-state index in [2.05, 4.69) is 20.5 Å². The lowest BCUT2D eigenvalue weighted by atomic mass is 10.2. The first kappa shape index (κ1) is 16.9. The van der Waals surface area contributed by atoms with Gasteiger partial charge in [-0.25, -0.2) is 4.68 Å². The van der Waals surface area contributed by atoms with Gasteiger partial charge in [0.2, 0.25) is 0 Å². The predicted octanol–water partition coefficient (Wildman–Crippen LogP) is 2.30. The average Bonchev–Trinajstić information content (AvgIpc) is 3.16. The Labute approximate surface area is 161 Å². The van der Waals surface area contributed by atoms with Gasteiger partial charge in [0.05, 0.1) is 19.3 Å². The maximum atomic E-state index is 12.7. The molecular formula is C19H20N6O3. The van der Waals surface area contributed by atoms with E-state index in [0.29, 0.717) is 36.2 Å². The highest BCUT2D eigenvalue weighted by molar-refractivity contribution is 5.94. The summed E-state index contributed by atoms with van der Waals surface area (Å²) in [5.41, 5.74) is 1.22. The second kappa shape index (κ2) is 6.74. The van der Waals surface area contributed by atoms with Crippen molar-refractivity contribution >= 4 is 5.91 Å². The quantitative estimate of drug-likeness (QED) is 0.669. The van der Waals surface area contributed by atoms with Crippen molar-refractivity contribution in [2.24, 2.45) is 0 Å². The van der Waals surface area contributed by atoms with Gasteiger partial charge in [-0.1, -0.05) is 10.4 Å². The molecule has 9 nitrogen and oxygen atoms in total. The standard InChI is InChI=1S/C19H20N6O3/c1-27-15-6-4-13(5-7-15)19(26)24-9-8-14(10-24)25-11-16(21-23-25)18-20-17(22-28-18)12-2-3-12/h4-7,11-12,14H,2-3,8-10H2,1H3/t14-/m0/s1. The highest BCUT2D eigenvalue weighted by Gasteiger charge is 2.31. The molecule has 1 atom stereocenters. The van der Waals surface area contributed by atoms with E-state index in [1.165, 1.54) is 0 Å². The van der Waals surface area contributed by atoms with Crippen molar-refractivity contribution in [2.45, 2.75) is 31.2 Å². The zero-order valence-electron chi connectivity index (χ0n) is 15.5. The van der Waals surface area contributed by atoms with Crippen molar-refractivity contribution in [1.29, 1.82) is 0 Å². The largest absolute Gasteiger partial charge is 0.497 e. The van der Waals surface area contributed by atoms with Crippen LogP contribution in [0.5, 0.6) is 5.75 Å². The molecule has 1 saturated heterocycles. The van der Waals surface area contributed by atoms with E-state index in [-0.39, 0.29) is 11.9 Å². The minimum atomic E-state index is 0.0106. The summed E-state index contributed by atoms with van der Waals surface area (Å²) in [6.45, 7) is 1.27. The molecule has 1 saturated carbocycles. The van der Waals surface area contributed by atoms with Gasteiger partial charge in [-0.2, -0.15) is 4.98 Å². The van der Waals surface area contributed by atoms with Crippen molar-refractivity contribution in [2.75, 3.05) is 20.2 Å². The minimum absolute atomic E-state index is 0.0106. The lowest BCUT2D eigenvalue weighted by Gasteiger charge is -2.16. The summed E-state index contributed by atoms with van der Waals surface area (Å²) in [5, 5.41) is 12.4. The molecule has 1 amide bonds. The minimum Gasteiger partial charge on any atom is -0.497 e. The van der Waals surface area contributed by atoms with Crippen molar-refractivity contribution < 1.29 is 14.1 Å². The number of hydrogen-bond donors (Lipinski definition) is 0. The first-order valence-corrected chi connectivity index (χ1v) is 9.40. The monoisotopic (exact) mass is 380 g/mol. The molecule has 144 valence electrons. The SMILES string of the molecule is COc1ccc(C(=O)N2CC[C@H](n3cc(-c4nc(C5CC5)no4)nn3)C2)cc1. The fourth-order valence-corrected chi connectivity index (χ4v) is 3.46. The van der Waals surface area contributed by atoms with Gasteiger partial charge in [-0.05, 0) is 43.5 Å². The molecule has 0 spiro atoms. The van der Waals surface area contributed by atoms with Crippen LogP contribution in [0.1, 0.15) is 47.4 Å². The fraction of sp³-hybridized carbons (Fsp3) is 0.421. The summed E-state index contributed by atoms with van der Waals surface area (Å²) in [4.78, 5) is 19.0. The molecule has 28 heavy (non-hydrogen) atoms. The number of amides is 1. The Morgan fingerprint density at radius 3 is 2.79 bits per heavy atom. The first-order chi connectivity index (χ1) is 13.7. The molecule has 2 fully saturated rings. The molecule has 3 aromatic rings. The van der Waals surface area contributed by atoms with Crippen LogP contribution in [0.25, 0.3) is 11.6 Å². The normalized spacial score (nSPS) is 19.2. The third-order valence-corrected chi connectivity index (χ3v) is 5.28. The summed E-state index contributed by atoms with van der Waals surface area (Å²) < 4.78 is 12.2. The molecule has 5 rings (SSSR count). The maximum Gasteiger partial charge on any atom is 0.280 e. The van der Waals surface area contributed by atoms with Crippen LogP contribution in [-0.2, 0) is 0 Å². The van der Waals surface area contributed by atoms with E-state index < -0.39 is 0 Å². The van der Waals surface area contributed by atoms with Gasteiger partial charge >= 0.3 is 0 Å². The zero-order valence-corrected chi connectivity index (χ0v) is 15.5. The maximum absolute atomic E-state index is 12.7. The Hall–Kier alpha value is -3.23. The molecule has 3 heterocycles. The number of aromatic nitrogens is 5. The van der Waals surface area contributed by atoms with Crippen LogP contribution >= 0.6 is 0 Å². The Morgan fingerprint density at radius 1 is 1.21 bits per heavy atom. The number of likely N-dealkylation sites (tertiary alicyclic amines) is 1. The summed E-state index contributed by atoms with van der Waals surface area (Å²) in [5.74, 6) is 2.33. The van der Waals surface area contributed by atoms with Crippen molar-refractivity contribution in [3.05, 3.63) is 41.9 Å². The number of carbonyl (C=O) groups excluding carboxylic acids is 1. The van der Waals surface area contributed by atoms with Gasteiger partial charge in [0, 0.05) is 24.6 Å². The topological polar surface area (TPSA) is 99.2 Å². The Bertz CT molecular complexity index is 991. The molecule has 0 N–H and O–H groups in total. The van der Waals surface area contributed by atoms with Gasteiger partial charge in [-0.15, -0.1) is 5.10 Å². The summed E-state index contributed by atoms with van der Waals surface area (Å²) in [7, 11) is 1.61. The van der Waals surface area contributed by atoms with Crippen LogP contribution in [0.2, 0.25) is 0 Å². The van der Waals surface area contributed by atoms with Gasteiger partial charge < -0.3 is 14.2 Å². The molecular weight excluding hydrogens is 360 g/mol. The van der Waals surface area contributed by atoms with Crippen molar-refractivity contribution in [3.8, 4) is 17.3 Å². The number of hydrogen-bond acceptors (Lipinski definition) is 7. The average molecular weight is 380 g/mol. The molecule has 1 aromatic carbocycles. The third-order valence-electron chi connectivity index (χ3n) is 5.28. The summed E-state index contributed by atoms with van der Waals surface area (Å²) >= 11 is 0. The van der Waals surface area contributed by atoms with Crippen LogP contribution in [0.15, 0.2) is 35.0 Å². The number of benzene rings is 1. The number of ether oxygens (including phenoxy) is 1. The second-order valence-electron chi connectivity index (χ2n) is 7.24. The van der Waals surface area contributed by atoms with Crippen molar-refractivity contribution in [1.82, 2.24) is 30.0 Å². The van der Waals surface area contributed by atoms with E-state index in [4.69, 9.17) is 9.26 Å². The first-order valence-electron chi connectivity index (χ1n) is 9.40.